The molecule has 0 bridgehead atoms. The molecule has 4 aromatic heterocycles. The van der Waals surface area contributed by atoms with E-state index in [4.69, 9.17) is 0 Å². The van der Waals surface area contributed by atoms with Crippen molar-refractivity contribution in [3.8, 4) is 5.69 Å². The number of carbonyl (C=O) groups is 1. The molecule has 0 radical (unpaired) electrons. The summed E-state index contributed by atoms with van der Waals surface area (Å²) in [5.74, 6) is 2.78. The molecule has 0 aromatic carbocycles. The van der Waals surface area contributed by atoms with Crippen molar-refractivity contribution in [3.05, 3.63) is 89.4 Å². The number of rotatable bonds is 7. The number of pyridine rings is 2. The lowest BCUT2D eigenvalue weighted by Crippen LogP contribution is -2.51. The van der Waals surface area contributed by atoms with Gasteiger partial charge in [0, 0.05) is 37.6 Å². The predicted molar refractivity (Wildman–Crippen MR) is 153 cm³/mol. The average molecular weight is 590 g/mol. The molecule has 3 atom stereocenters. The van der Waals surface area contributed by atoms with Crippen molar-refractivity contribution in [2.45, 2.75) is 55.6 Å². The molecule has 4 aromatic rings. The Morgan fingerprint density at radius 1 is 1.12 bits per heavy atom. The number of hydrogen-bond acceptors (Lipinski definition) is 6. The number of aromatic nitrogens is 6. The predicted octanol–water partition coefficient (Wildman–Crippen LogP) is 4.19. The first-order valence-electron chi connectivity index (χ1n) is 13.9. The van der Waals surface area contributed by atoms with Crippen molar-refractivity contribution in [1.29, 1.82) is 0 Å². The molecule has 9 nitrogen and oxygen atoms in total. The number of Topliss-reactive ketones (excluding diaryl/α,β-unsaturated/α-hetero) is 1. The van der Waals surface area contributed by atoms with Crippen LogP contribution < -0.4 is 0 Å². The van der Waals surface area contributed by atoms with E-state index in [0.29, 0.717) is 36.4 Å². The van der Waals surface area contributed by atoms with Crippen molar-refractivity contribution in [2.24, 2.45) is 12.5 Å². The van der Waals surface area contributed by atoms with Crippen LogP contribution in [0.3, 0.4) is 0 Å². The highest BCUT2D eigenvalue weighted by molar-refractivity contribution is 7.98. The van der Waals surface area contributed by atoms with E-state index in [1.807, 2.05) is 10.4 Å². The van der Waals surface area contributed by atoms with Crippen LogP contribution in [0, 0.1) is 17.2 Å². The molecule has 3 aliphatic carbocycles. The highest BCUT2D eigenvalue weighted by atomic mass is 32.2. The number of nitrogens with zero attached hydrogens (tertiary/aromatic N) is 7. The largest absolute Gasteiger partial charge is 0.291 e. The molecule has 7 rings (SSSR count). The Hall–Kier alpha value is -4.03. The second kappa shape index (κ2) is 9.77. The molecule has 0 amide bonds. The molecule has 0 N–H and O–H groups in total. The lowest BCUT2D eigenvalue weighted by molar-refractivity contribution is 0.0736. The third-order valence-corrected chi connectivity index (χ3v) is 10.8. The second-order valence-electron chi connectivity index (χ2n) is 11.4. The fraction of sp³-hybridized carbons (Fsp3) is 0.333. The molecule has 2 saturated carbocycles. The zero-order chi connectivity index (χ0) is 29.2. The van der Waals surface area contributed by atoms with Gasteiger partial charge >= 0.3 is 0 Å². The van der Waals surface area contributed by atoms with E-state index in [0.717, 1.165) is 29.7 Å². The van der Waals surface area contributed by atoms with Crippen LogP contribution in [0.1, 0.15) is 53.8 Å². The van der Waals surface area contributed by atoms with E-state index < -0.39 is 26.9 Å². The Morgan fingerprint density at radius 2 is 1.95 bits per heavy atom. The van der Waals surface area contributed by atoms with Crippen LogP contribution >= 0.6 is 0 Å². The quantitative estimate of drug-likeness (QED) is 0.182. The highest BCUT2D eigenvalue weighted by Gasteiger charge is 2.53. The van der Waals surface area contributed by atoms with E-state index in [9.17, 15) is 17.8 Å². The van der Waals surface area contributed by atoms with Crippen LogP contribution in [-0.2, 0) is 23.2 Å². The van der Waals surface area contributed by atoms with Gasteiger partial charge in [0.2, 0.25) is 5.95 Å². The molecule has 0 saturated heterocycles. The molecule has 0 spiro atoms. The Balaban J connectivity index is 1.32. The monoisotopic (exact) mass is 589 g/mol. The van der Waals surface area contributed by atoms with Crippen LogP contribution in [0.2, 0.25) is 0 Å². The molecule has 3 aliphatic rings. The first kappa shape index (κ1) is 26.8. The fourth-order valence-corrected chi connectivity index (χ4v) is 8.65. The minimum absolute atomic E-state index is 0.0539. The topological polar surface area (TPSA) is 98.8 Å². The smallest absolute Gasteiger partial charge is 0.212 e. The summed E-state index contributed by atoms with van der Waals surface area (Å²) >= 11 is 0. The van der Waals surface area contributed by atoms with Gasteiger partial charge in [0.1, 0.15) is 11.5 Å². The zero-order valence-corrected chi connectivity index (χ0v) is 23.8. The molecule has 1 unspecified atom stereocenters. The highest BCUT2D eigenvalue weighted by Crippen LogP contribution is 2.52. The van der Waals surface area contributed by atoms with Gasteiger partial charge < -0.3 is 0 Å². The van der Waals surface area contributed by atoms with Gasteiger partial charge in [-0.2, -0.15) is 14.6 Å². The zero-order valence-electron chi connectivity index (χ0n) is 23.0. The van der Waals surface area contributed by atoms with Crippen molar-refractivity contribution >= 4 is 27.4 Å². The van der Waals surface area contributed by atoms with Gasteiger partial charge in [-0.25, -0.2) is 22.6 Å². The first-order chi connectivity index (χ1) is 20.2. The van der Waals surface area contributed by atoms with Crippen LogP contribution in [-0.4, -0.2) is 61.8 Å². The van der Waals surface area contributed by atoms with Crippen molar-refractivity contribution in [2.75, 3.05) is 0 Å². The second-order valence-corrected chi connectivity index (χ2v) is 13.5. The van der Waals surface area contributed by atoms with Crippen molar-refractivity contribution in [3.63, 3.8) is 0 Å². The SMILES string of the molecule is C=S(=O)(c1ccn(C)n1)N(C1CC1)[C@H]1CCC2=Cc3c(cnn3-c3ccc(F)nc3)C[C@]2(C(=O)c2cc(F)ccn2)C1. The Bertz CT molecular complexity index is 1840. The Kier molecular flexibility index (Phi) is 6.24. The maximum absolute atomic E-state index is 14.4. The normalized spacial score (nSPS) is 23.1. The van der Waals surface area contributed by atoms with Gasteiger partial charge in [-0.15, -0.1) is 0 Å². The third kappa shape index (κ3) is 4.40. The summed E-state index contributed by atoms with van der Waals surface area (Å²) in [6, 6.07) is 6.87. The number of carbonyl (C=O) groups excluding carboxylic acids is 1. The molecular weight excluding hydrogens is 560 g/mol. The molecule has 4 heterocycles. The molecular formula is C30H29F2N7O2S. The number of ketones is 1. The lowest BCUT2D eigenvalue weighted by Gasteiger charge is -2.47. The van der Waals surface area contributed by atoms with E-state index in [-0.39, 0.29) is 23.6 Å². The molecule has 0 aliphatic heterocycles. The molecule has 12 heteroatoms. The molecule has 2 fully saturated rings. The van der Waals surface area contributed by atoms with Crippen LogP contribution in [0.15, 0.2) is 65.7 Å². The van der Waals surface area contributed by atoms with Crippen molar-refractivity contribution < 1.29 is 17.8 Å². The van der Waals surface area contributed by atoms with E-state index >= 15 is 0 Å². The summed E-state index contributed by atoms with van der Waals surface area (Å²) in [6.07, 6.45) is 11.9. The van der Waals surface area contributed by atoms with E-state index in [2.05, 4.69) is 26.0 Å². The minimum atomic E-state index is -2.93. The lowest BCUT2D eigenvalue weighted by atomic mass is 9.60. The summed E-state index contributed by atoms with van der Waals surface area (Å²) < 4.78 is 47.5. The number of allylic oxidation sites excluding steroid dienone is 1. The third-order valence-electron chi connectivity index (χ3n) is 8.60. The maximum Gasteiger partial charge on any atom is 0.212 e. The Labute approximate surface area is 242 Å². The fourth-order valence-electron chi connectivity index (χ4n) is 6.55. The van der Waals surface area contributed by atoms with Gasteiger partial charge in [-0.1, -0.05) is 5.57 Å². The summed E-state index contributed by atoms with van der Waals surface area (Å²) in [7, 11) is -1.16. The van der Waals surface area contributed by atoms with Gasteiger partial charge in [-0.3, -0.25) is 14.5 Å². The molecule has 216 valence electrons. The summed E-state index contributed by atoms with van der Waals surface area (Å²) in [4.78, 5) is 22.5. The van der Waals surface area contributed by atoms with Gasteiger partial charge in [0.25, 0.3) is 0 Å². The number of aryl methyl sites for hydroxylation is 1. The average Bonchev–Trinajstić information content (AvgIpc) is 3.55. The summed E-state index contributed by atoms with van der Waals surface area (Å²) in [5, 5.41) is 9.41. The Morgan fingerprint density at radius 3 is 2.64 bits per heavy atom. The van der Waals surface area contributed by atoms with Crippen molar-refractivity contribution in [1.82, 2.24) is 33.8 Å². The van der Waals surface area contributed by atoms with Gasteiger partial charge in [-0.05, 0) is 80.3 Å². The number of halogens is 2. The van der Waals surface area contributed by atoms with E-state index in [1.54, 1.807) is 40.9 Å². The van der Waals surface area contributed by atoms with Gasteiger partial charge in [0.05, 0.1) is 38.9 Å². The minimum Gasteiger partial charge on any atom is -0.291 e. The first-order valence-corrected chi connectivity index (χ1v) is 15.6. The number of fused-ring (bicyclic) bond motifs is 2. The van der Waals surface area contributed by atoms with Gasteiger partial charge in [0.15, 0.2) is 10.8 Å². The van der Waals surface area contributed by atoms with Crippen LogP contribution in [0.4, 0.5) is 8.78 Å². The summed E-state index contributed by atoms with van der Waals surface area (Å²) in [5.41, 5.74) is 2.12. The number of hydrogen-bond donors (Lipinski definition) is 0. The maximum atomic E-state index is 14.4. The summed E-state index contributed by atoms with van der Waals surface area (Å²) in [6.45, 7) is 0. The van der Waals surface area contributed by atoms with Crippen LogP contribution in [0.25, 0.3) is 11.8 Å². The molecule has 42 heavy (non-hydrogen) atoms. The van der Waals surface area contributed by atoms with Crippen LogP contribution in [0.5, 0.6) is 0 Å². The standard InChI is InChI=1S/C30H29F2N7O2S/c1-37-12-10-28(36-37)42(2,41)39(22-5-6-22)23-4-3-20-13-26-19(17-35-38(26)24-7-8-27(32)34-18-24)15-30(20,16-23)29(40)25-14-21(31)9-11-33-25/h7-14,17-18,22-23H,2-6,15-16H2,1H3/t23-,30-,42?/m0/s1. The van der Waals surface area contributed by atoms with E-state index in [1.165, 1.54) is 30.6 Å².